The summed E-state index contributed by atoms with van der Waals surface area (Å²) in [6, 6.07) is 5.93. The van der Waals surface area contributed by atoms with Gasteiger partial charge in [0.25, 0.3) is 0 Å². The number of carboxylic acids is 1. The Kier molecular flexibility index (Phi) is 17.6. The lowest BCUT2D eigenvalue weighted by Crippen LogP contribution is -2.60. The Hall–Kier alpha value is -7.06. The molecule has 0 unspecified atom stereocenters. The number of H-pyrrole nitrogens is 3. The third kappa shape index (κ3) is 13.7. The van der Waals surface area contributed by atoms with Crippen LogP contribution in [0.5, 0.6) is 0 Å². The fourth-order valence-corrected chi connectivity index (χ4v) is 7.55. The number of para-hydroxylation sites is 2. The van der Waals surface area contributed by atoms with E-state index in [1.54, 1.807) is 18.5 Å². The van der Waals surface area contributed by atoms with Crippen LogP contribution in [0, 0.1) is 11.8 Å². The quantitative estimate of drug-likeness (QED) is 0.0411. The van der Waals surface area contributed by atoms with Crippen LogP contribution in [0.4, 0.5) is 0 Å². The minimum Gasteiger partial charge on any atom is -0.480 e. The molecule has 66 heavy (non-hydrogen) atoms. The van der Waals surface area contributed by atoms with E-state index >= 15 is 0 Å². The van der Waals surface area contributed by atoms with Crippen molar-refractivity contribution in [3.63, 3.8) is 0 Å². The van der Waals surface area contributed by atoms with Crippen molar-refractivity contribution < 1.29 is 43.8 Å². The predicted octanol–water partition coefficient (Wildman–Crippen LogP) is 0.825. The molecule has 0 aliphatic rings. The summed E-state index contributed by atoms with van der Waals surface area (Å²) >= 11 is 0. The molecule has 0 aliphatic heterocycles. The summed E-state index contributed by atoms with van der Waals surface area (Å²) in [5.41, 5.74) is 9.91. The number of hydrogen-bond acceptors (Lipinski definition) is 10. The van der Waals surface area contributed by atoms with Crippen molar-refractivity contribution >= 4 is 63.2 Å². The van der Waals surface area contributed by atoms with Gasteiger partial charge in [-0.15, -0.1) is 0 Å². The molecular formula is C46H61N11O9. The van der Waals surface area contributed by atoms with Gasteiger partial charge in [-0.25, -0.2) is 9.78 Å². The summed E-state index contributed by atoms with van der Waals surface area (Å²) in [5, 5.41) is 37.3. The minimum atomic E-state index is -1.61. The maximum Gasteiger partial charge on any atom is 0.326 e. The molecule has 20 nitrogen and oxygen atoms in total. The number of hydrogen-bond donors (Lipinski definition) is 12. The lowest BCUT2D eigenvalue weighted by atomic mass is 9.99. The third-order valence-electron chi connectivity index (χ3n) is 11.0. The molecule has 0 fully saturated rings. The number of nitrogens with two attached hydrogens (primary N) is 1. The molecule has 5 aromatic rings. The maximum atomic E-state index is 14.1. The molecular weight excluding hydrogens is 851 g/mol. The van der Waals surface area contributed by atoms with Crippen LogP contribution in [0.3, 0.4) is 0 Å². The largest absolute Gasteiger partial charge is 0.480 e. The lowest BCUT2D eigenvalue weighted by Gasteiger charge is -2.27. The monoisotopic (exact) mass is 911 g/mol. The van der Waals surface area contributed by atoms with Crippen molar-refractivity contribution in [2.24, 2.45) is 17.6 Å². The van der Waals surface area contributed by atoms with Crippen LogP contribution >= 0.6 is 0 Å². The molecule has 0 saturated carbocycles. The van der Waals surface area contributed by atoms with Gasteiger partial charge in [-0.05, 0) is 61.3 Å². The summed E-state index contributed by atoms with van der Waals surface area (Å²) in [4.78, 5) is 107. The minimum absolute atomic E-state index is 0.0367. The molecule has 7 atom stereocenters. The Labute approximate surface area is 381 Å². The summed E-state index contributed by atoms with van der Waals surface area (Å²) in [7, 11) is 0. The van der Waals surface area contributed by atoms with Crippen LogP contribution < -0.4 is 37.6 Å². The molecule has 2 aromatic carbocycles. The van der Waals surface area contributed by atoms with Crippen molar-refractivity contribution in [3.05, 3.63) is 90.3 Å². The number of rotatable bonds is 24. The summed E-state index contributed by atoms with van der Waals surface area (Å²) < 4.78 is 0. The molecule has 13 N–H and O–H groups in total. The average Bonchev–Trinajstić information content (AvgIpc) is 4.05. The van der Waals surface area contributed by atoms with Gasteiger partial charge in [0.1, 0.15) is 36.3 Å². The summed E-state index contributed by atoms with van der Waals surface area (Å²) in [6.45, 7) is 7.74. The van der Waals surface area contributed by atoms with Gasteiger partial charge in [-0.1, -0.05) is 64.1 Å². The number of carboxylic acid groups (broad SMARTS) is 1. The number of benzene rings is 2. The highest BCUT2D eigenvalue weighted by Crippen LogP contribution is 2.21. The van der Waals surface area contributed by atoms with Crippen LogP contribution in [0.15, 0.2) is 73.4 Å². The highest BCUT2D eigenvalue weighted by molar-refractivity contribution is 5.97. The topological polar surface area (TPSA) is 318 Å². The van der Waals surface area contributed by atoms with Crippen molar-refractivity contribution in [3.8, 4) is 0 Å². The van der Waals surface area contributed by atoms with E-state index < -0.39 is 90.3 Å². The second-order valence-corrected chi connectivity index (χ2v) is 17.3. The van der Waals surface area contributed by atoms with E-state index in [9.17, 15) is 43.8 Å². The Morgan fingerprint density at radius 1 is 0.576 bits per heavy atom. The van der Waals surface area contributed by atoms with E-state index in [1.165, 1.54) is 19.4 Å². The number of aliphatic hydroxyl groups excluding tert-OH is 1. The van der Waals surface area contributed by atoms with E-state index in [-0.39, 0.29) is 43.9 Å². The number of imidazole rings is 1. The SMILES string of the molecule is CC(C)C[C@H](NC(=O)[C@H](CC(C)C)NC(=O)[C@H](Cc1c[nH]c2ccccc12)NC(=O)[C@H](CO)NC(=O)[C@H](C)NC(=O)[C@H](Cc1cnc[nH]1)NC(=O)[C@@H](N)Cc1c[nH]c2ccccc12)C(=O)O. The Morgan fingerprint density at radius 2 is 1.05 bits per heavy atom. The van der Waals surface area contributed by atoms with Crippen molar-refractivity contribution in [1.29, 1.82) is 0 Å². The Bertz CT molecular complexity index is 2460. The van der Waals surface area contributed by atoms with Crippen LogP contribution in [0.2, 0.25) is 0 Å². The molecule has 3 heterocycles. The van der Waals surface area contributed by atoms with E-state index in [2.05, 4.69) is 51.8 Å². The first-order valence-corrected chi connectivity index (χ1v) is 21.9. The van der Waals surface area contributed by atoms with Gasteiger partial charge >= 0.3 is 5.97 Å². The number of aromatic amines is 3. The van der Waals surface area contributed by atoms with Gasteiger partial charge in [-0.3, -0.25) is 28.8 Å². The van der Waals surface area contributed by atoms with Crippen LogP contribution in [-0.2, 0) is 52.8 Å². The number of carbonyl (C=O) groups is 7. The van der Waals surface area contributed by atoms with E-state index in [4.69, 9.17) is 5.73 Å². The van der Waals surface area contributed by atoms with Crippen LogP contribution in [-0.4, -0.2) is 120 Å². The van der Waals surface area contributed by atoms with Crippen LogP contribution in [0.1, 0.15) is 64.3 Å². The molecule has 20 heteroatoms. The molecule has 0 radical (unpaired) electrons. The highest BCUT2D eigenvalue weighted by Gasteiger charge is 2.34. The van der Waals surface area contributed by atoms with Crippen molar-refractivity contribution in [2.45, 2.75) is 109 Å². The summed E-state index contributed by atoms with van der Waals surface area (Å²) in [6.07, 6.45) is 6.67. The molecule has 5 rings (SSSR count). The Balaban J connectivity index is 1.27. The number of aliphatic hydroxyl groups is 1. The van der Waals surface area contributed by atoms with Crippen molar-refractivity contribution in [2.75, 3.05) is 6.61 Å². The van der Waals surface area contributed by atoms with Gasteiger partial charge in [0.15, 0.2) is 0 Å². The smallest absolute Gasteiger partial charge is 0.326 e. The first-order chi connectivity index (χ1) is 31.4. The molecule has 354 valence electrons. The molecule has 6 amide bonds. The number of amides is 6. The van der Waals surface area contributed by atoms with Gasteiger partial charge in [0.05, 0.1) is 19.0 Å². The highest BCUT2D eigenvalue weighted by atomic mass is 16.4. The number of aliphatic carboxylic acids is 1. The number of fused-ring (bicyclic) bond motifs is 2. The van der Waals surface area contributed by atoms with Gasteiger partial charge in [0, 0.05) is 58.9 Å². The normalized spacial score (nSPS) is 14.7. The zero-order valence-corrected chi connectivity index (χ0v) is 37.6. The zero-order valence-electron chi connectivity index (χ0n) is 37.6. The second kappa shape index (κ2) is 23.2. The fourth-order valence-electron chi connectivity index (χ4n) is 7.55. The fraction of sp³-hybridized carbons (Fsp3) is 0.435. The molecule has 0 aliphatic carbocycles. The standard InChI is InChI=1S/C46H61N11O9/c1-24(2)14-35(43(62)56-38(46(65)66)15-25(3)4)54-44(63)36(17-28-20-50-34-13-9-7-11-31(28)34)55-45(64)39(22-58)57-40(59)26(5)52-42(61)37(18-29-21-48-23-51-29)53-41(60)32(47)16-27-19-49-33-12-8-6-10-30(27)33/h6-13,19-21,23-26,32,35-39,49-50,58H,14-18,22,47H2,1-5H3,(H,48,51)(H,52,61)(H,53,60)(H,54,63)(H,55,64)(H,56,62)(H,57,59)(H,65,66)/t26-,32-,35-,36-,37-,38-,39-/m0/s1. The van der Waals surface area contributed by atoms with E-state index in [0.29, 0.717) is 11.3 Å². The molecule has 0 saturated heterocycles. The first kappa shape index (κ1) is 49.9. The maximum absolute atomic E-state index is 14.1. The van der Waals surface area contributed by atoms with E-state index in [0.717, 1.165) is 27.4 Å². The number of carbonyl (C=O) groups excluding carboxylic acids is 6. The molecule has 0 spiro atoms. The molecule has 3 aromatic heterocycles. The first-order valence-electron chi connectivity index (χ1n) is 21.9. The zero-order chi connectivity index (χ0) is 48.1. The van der Waals surface area contributed by atoms with Gasteiger partial charge in [0.2, 0.25) is 35.4 Å². The van der Waals surface area contributed by atoms with Gasteiger partial charge < -0.3 is 62.8 Å². The molecule has 0 bridgehead atoms. The summed E-state index contributed by atoms with van der Waals surface area (Å²) in [5.74, 6) is -6.07. The van der Waals surface area contributed by atoms with Gasteiger partial charge in [-0.2, -0.15) is 0 Å². The third-order valence-corrected chi connectivity index (χ3v) is 11.0. The number of nitrogens with one attached hydrogen (secondary N) is 9. The van der Waals surface area contributed by atoms with E-state index in [1.807, 2.05) is 70.2 Å². The lowest BCUT2D eigenvalue weighted by molar-refractivity contribution is -0.143. The number of nitrogens with zero attached hydrogens (tertiary/aromatic N) is 1. The number of aromatic nitrogens is 4. The van der Waals surface area contributed by atoms with Crippen LogP contribution in [0.25, 0.3) is 21.8 Å². The Morgan fingerprint density at radius 3 is 1.61 bits per heavy atom. The van der Waals surface area contributed by atoms with Crippen molar-refractivity contribution in [1.82, 2.24) is 51.8 Å². The second-order valence-electron chi connectivity index (χ2n) is 17.3. The average molecular weight is 912 g/mol. The predicted molar refractivity (Wildman–Crippen MR) is 245 cm³/mol.